The van der Waals surface area contributed by atoms with Gasteiger partial charge in [-0.25, -0.2) is 0 Å². The van der Waals surface area contributed by atoms with Crippen LogP contribution in [0.1, 0.15) is 24.8 Å². The van der Waals surface area contributed by atoms with Crippen molar-refractivity contribution in [2.24, 2.45) is 0 Å². The van der Waals surface area contributed by atoms with Crippen LogP contribution < -0.4 is 0 Å². The van der Waals surface area contributed by atoms with E-state index in [2.05, 4.69) is 11.0 Å². The molecule has 0 saturated heterocycles. The standard InChI is InChI=1S/C13H17Cl2N/c14-8-9-16(12-5-3-6-12)10-11-4-1-2-7-13(11)15/h1-2,4,7,12H,3,5-6,8-10H2. The Morgan fingerprint density at radius 3 is 2.56 bits per heavy atom. The van der Waals surface area contributed by atoms with Gasteiger partial charge in [0.2, 0.25) is 0 Å². The molecule has 1 aliphatic carbocycles. The number of hydrogen-bond donors (Lipinski definition) is 0. The molecule has 1 fully saturated rings. The largest absolute Gasteiger partial charge is 0.295 e. The molecular formula is C13H17Cl2N. The minimum absolute atomic E-state index is 0.695. The van der Waals surface area contributed by atoms with Crippen LogP contribution in [-0.2, 0) is 6.54 Å². The van der Waals surface area contributed by atoms with Crippen molar-refractivity contribution < 1.29 is 0 Å². The molecule has 0 unspecified atom stereocenters. The predicted molar refractivity (Wildman–Crippen MR) is 70.2 cm³/mol. The normalized spacial score (nSPS) is 16.4. The fourth-order valence-electron chi connectivity index (χ4n) is 2.10. The number of alkyl halides is 1. The molecule has 0 aromatic heterocycles. The minimum atomic E-state index is 0.695. The zero-order valence-corrected chi connectivity index (χ0v) is 10.8. The molecule has 0 radical (unpaired) electrons. The van der Waals surface area contributed by atoms with Gasteiger partial charge in [0.25, 0.3) is 0 Å². The fraction of sp³-hybridized carbons (Fsp3) is 0.538. The average Bonchev–Trinajstić information content (AvgIpc) is 2.19. The highest BCUT2D eigenvalue weighted by atomic mass is 35.5. The van der Waals surface area contributed by atoms with Gasteiger partial charge < -0.3 is 0 Å². The lowest BCUT2D eigenvalue weighted by atomic mass is 9.91. The van der Waals surface area contributed by atoms with Gasteiger partial charge in [-0.05, 0) is 24.5 Å². The van der Waals surface area contributed by atoms with Gasteiger partial charge in [-0.3, -0.25) is 4.90 Å². The summed E-state index contributed by atoms with van der Waals surface area (Å²) in [6.07, 6.45) is 3.97. The summed E-state index contributed by atoms with van der Waals surface area (Å²) in [5.41, 5.74) is 1.21. The molecule has 1 nitrogen and oxygen atoms in total. The molecule has 2 rings (SSSR count). The summed E-state index contributed by atoms with van der Waals surface area (Å²) >= 11 is 12.0. The van der Waals surface area contributed by atoms with Gasteiger partial charge in [-0.2, -0.15) is 0 Å². The molecular weight excluding hydrogens is 241 g/mol. The topological polar surface area (TPSA) is 3.24 Å². The van der Waals surface area contributed by atoms with Crippen molar-refractivity contribution in [1.82, 2.24) is 4.90 Å². The number of benzene rings is 1. The number of nitrogens with zero attached hydrogens (tertiary/aromatic N) is 1. The third-order valence-electron chi connectivity index (χ3n) is 3.29. The third kappa shape index (κ3) is 2.91. The van der Waals surface area contributed by atoms with Crippen molar-refractivity contribution in [2.75, 3.05) is 12.4 Å². The molecule has 0 amide bonds. The van der Waals surface area contributed by atoms with E-state index in [0.717, 1.165) is 24.2 Å². The van der Waals surface area contributed by atoms with E-state index in [4.69, 9.17) is 23.2 Å². The predicted octanol–water partition coefficient (Wildman–Crippen LogP) is 3.93. The first kappa shape index (κ1) is 12.2. The van der Waals surface area contributed by atoms with Crippen LogP contribution in [-0.4, -0.2) is 23.4 Å². The van der Waals surface area contributed by atoms with Crippen LogP contribution in [0.3, 0.4) is 0 Å². The Hall–Kier alpha value is -0.240. The van der Waals surface area contributed by atoms with Crippen molar-refractivity contribution in [1.29, 1.82) is 0 Å². The summed E-state index contributed by atoms with van der Waals surface area (Å²) in [4.78, 5) is 2.46. The Morgan fingerprint density at radius 2 is 2.00 bits per heavy atom. The van der Waals surface area contributed by atoms with Crippen LogP contribution in [0.5, 0.6) is 0 Å². The van der Waals surface area contributed by atoms with E-state index in [1.807, 2.05) is 18.2 Å². The molecule has 88 valence electrons. The highest BCUT2D eigenvalue weighted by Crippen LogP contribution is 2.27. The molecule has 1 saturated carbocycles. The molecule has 0 aliphatic heterocycles. The van der Waals surface area contributed by atoms with Gasteiger partial charge in [0, 0.05) is 30.0 Å². The molecule has 0 heterocycles. The maximum atomic E-state index is 6.17. The number of halogens is 2. The highest BCUT2D eigenvalue weighted by Gasteiger charge is 2.24. The Morgan fingerprint density at radius 1 is 1.25 bits per heavy atom. The Bertz CT molecular complexity index is 336. The number of hydrogen-bond acceptors (Lipinski definition) is 1. The van der Waals surface area contributed by atoms with Gasteiger partial charge in [0.05, 0.1) is 0 Å². The molecule has 3 heteroatoms. The van der Waals surface area contributed by atoms with Crippen LogP contribution in [0.25, 0.3) is 0 Å². The molecule has 0 atom stereocenters. The van der Waals surface area contributed by atoms with Gasteiger partial charge in [0.15, 0.2) is 0 Å². The van der Waals surface area contributed by atoms with E-state index in [0.29, 0.717) is 5.88 Å². The molecule has 0 spiro atoms. The Balaban J connectivity index is 2.01. The summed E-state index contributed by atoms with van der Waals surface area (Å²) in [6.45, 7) is 1.88. The van der Waals surface area contributed by atoms with Crippen molar-refractivity contribution in [3.63, 3.8) is 0 Å². The lowest BCUT2D eigenvalue weighted by molar-refractivity contribution is 0.127. The monoisotopic (exact) mass is 257 g/mol. The maximum absolute atomic E-state index is 6.17. The second-order valence-electron chi connectivity index (χ2n) is 4.34. The van der Waals surface area contributed by atoms with Crippen molar-refractivity contribution in [3.8, 4) is 0 Å². The lowest BCUT2D eigenvalue weighted by Gasteiger charge is -2.37. The second-order valence-corrected chi connectivity index (χ2v) is 5.12. The molecule has 1 aromatic rings. The molecule has 1 aromatic carbocycles. The first-order valence-electron chi connectivity index (χ1n) is 5.84. The molecule has 1 aliphatic rings. The van der Waals surface area contributed by atoms with Crippen LogP contribution >= 0.6 is 23.2 Å². The SMILES string of the molecule is ClCCN(Cc1ccccc1Cl)C1CCC1. The summed E-state index contributed by atoms with van der Waals surface area (Å²) in [5.74, 6) is 0.695. The lowest BCUT2D eigenvalue weighted by Crippen LogP contribution is -2.40. The second kappa shape index (κ2) is 5.90. The summed E-state index contributed by atoms with van der Waals surface area (Å²) < 4.78 is 0. The van der Waals surface area contributed by atoms with Crippen molar-refractivity contribution in [2.45, 2.75) is 31.8 Å². The number of rotatable bonds is 5. The maximum Gasteiger partial charge on any atom is 0.0451 e. The van der Waals surface area contributed by atoms with E-state index in [-0.39, 0.29) is 0 Å². The van der Waals surface area contributed by atoms with Crippen molar-refractivity contribution >= 4 is 23.2 Å². The minimum Gasteiger partial charge on any atom is -0.295 e. The summed E-state index contributed by atoms with van der Waals surface area (Å²) in [7, 11) is 0. The summed E-state index contributed by atoms with van der Waals surface area (Å²) in [5, 5.41) is 0.862. The van der Waals surface area contributed by atoms with Gasteiger partial charge in [-0.15, -0.1) is 11.6 Å². The fourth-order valence-corrected chi connectivity index (χ4v) is 2.51. The Kier molecular flexibility index (Phi) is 4.51. The smallest absolute Gasteiger partial charge is 0.0451 e. The first-order chi connectivity index (χ1) is 7.81. The van der Waals surface area contributed by atoms with Gasteiger partial charge >= 0.3 is 0 Å². The van der Waals surface area contributed by atoms with E-state index in [1.165, 1.54) is 24.8 Å². The zero-order valence-electron chi connectivity index (χ0n) is 9.33. The molecule has 16 heavy (non-hydrogen) atoms. The van der Waals surface area contributed by atoms with E-state index in [1.54, 1.807) is 0 Å². The average molecular weight is 258 g/mol. The summed E-state index contributed by atoms with van der Waals surface area (Å²) in [6, 6.07) is 8.79. The van der Waals surface area contributed by atoms with Crippen LogP contribution in [0.4, 0.5) is 0 Å². The third-order valence-corrected chi connectivity index (χ3v) is 3.83. The quantitative estimate of drug-likeness (QED) is 0.723. The van der Waals surface area contributed by atoms with Gasteiger partial charge in [-0.1, -0.05) is 36.2 Å². The van der Waals surface area contributed by atoms with E-state index in [9.17, 15) is 0 Å². The highest BCUT2D eigenvalue weighted by molar-refractivity contribution is 6.31. The molecule has 0 bridgehead atoms. The van der Waals surface area contributed by atoms with Crippen LogP contribution in [0, 0.1) is 0 Å². The van der Waals surface area contributed by atoms with E-state index < -0.39 is 0 Å². The van der Waals surface area contributed by atoms with E-state index >= 15 is 0 Å². The molecule has 0 N–H and O–H groups in total. The van der Waals surface area contributed by atoms with Crippen LogP contribution in [0.2, 0.25) is 5.02 Å². The zero-order chi connectivity index (χ0) is 11.4. The first-order valence-corrected chi connectivity index (χ1v) is 6.76. The Labute approximate surface area is 107 Å². The van der Waals surface area contributed by atoms with Crippen molar-refractivity contribution in [3.05, 3.63) is 34.9 Å². The van der Waals surface area contributed by atoms with Gasteiger partial charge in [0.1, 0.15) is 0 Å². The van der Waals surface area contributed by atoms with Crippen LogP contribution in [0.15, 0.2) is 24.3 Å².